The van der Waals surface area contributed by atoms with Gasteiger partial charge in [0.05, 0.1) is 0 Å². The molecule has 84 valence electrons. The Morgan fingerprint density at radius 1 is 0.867 bits per heavy atom. The fourth-order valence-corrected chi connectivity index (χ4v) is 2.51. The molecule has 0 aromatic rings. The van der Waals surface area contributed by atoms with E-state index in [4.69, 9.17) is 19.6 Å². The summed E-state index contributed by atoms with van der Waals surface area (Å²) in [7, 11) is -16.3. The minimum absolute atomic E-state index is 0. The van der Waals surface area contributed by atoms with E-state index in [0.717, 1.165) is 0 Å². The maximum absolute atomic E-state index is 10.2. The Kier molecular flexibility index (Phi) is 13.5. The van der Waals surface area contributed by atoms with Crippen molar-refractivity contribution < 1.29 is 151 Å². The van der Waals surface area contributed by atoms with Crippen LogP contribution >= 0.6 is 15.6 Å². The van der Waals surface area contributed by atoms with Crippen LogP contribution in [0.2, 0.25) is 0 Å². The van der Waals surface area contributed by atoms with Crippen LogP contribution in [0.4, 0.5) is 0 Å². The average molecular weight is 338 g/mol. The Balaban J connectivity index is -0.000000120. The molecule has 0 aromatic carbocycles. The van der Waals surface area contributed by atoms with Crippen LogP contribution in [0, 0.1) is 0 Å². The van der Waals surface area contributed by atoms with E-state index in [2.05, 4.69) is 7.94 Å². The van der Waals surface area contributed by atoms with E-state index in [9.17, 15) is 17.5 Å². The largest absolute Gasteiger partial charge is 1.00 e. The van der Waals surface area contributed by atoms with Crippen LogP contribution in [-0.2, 0) is 27.5 Å². The second-order valence-electron chi connectivity index (χ2n) is 1.54. The molecule has 0 rings (SSSR count). The molecule has 0 aliphatic rings. The topological polar surface area (TPSA) is 168 Å². The SMILES string of the molecule is O=P(O)(O)OS(=O)(=O)OP(=O)(O)O.[H-].[H-].[K+].[K+]. The molecule has 0 atom stereocenters. The van der Waals surface area contributed by atoms with Crippen molar-refractivity contribution in [3.05, 3.63) is 0 Å². The Morgan fingerprint density at radius 2 is 1.07 bits per heavy atom. The van der Waals surface area contributed by atoms with Gasteiger partial charge in [-0.2, -0.15) is 8.42 Å². The van der Waals surface area contributed by atoms with Gasteiger partial charge in [-0.25, -0.2) is 9.13 Å². The molecule has 0 unspecified atom stereocenters. The zero-order valence-corrected chi connectivity index (χ0v) is 16.4. The monoisotopic (exact) mass is 338 g/mol. The first-order chi connectivity index (χ1) is 5.41. The van der Waals surface area contributed by atoms with Gasteiger partial charge in [0, 0.05) is 0 Å². The summed E-state index contributed by atoms with van der Waals surface area (Å²) in [6, 6.07) is 0. The third-order valence-electron chi connectivity index (χ3n) is 0.377. The third-order valence-corrected chi connectivity index (χ3v) is 3.39. The molecular formula is H6K2O10P2S. The van der Waals surface area contributed by atoms with Crippen LogP contribution in [0.1, 0.15) is 2.85 Å². The van der Waals surface area contributed by atoms with Crippen molar-refractivity contribution in [3.8, 4) is 0 Å². The maximum atomic E-state index is 10.2. The summed E-state index contributed by atoms with van der Waals surface area (Å²) in [5.74, 6) is 0. The van der Waals surface area contributed by atoms with Gasteiger partial charge in [0.2, 0.25) is 0 Å². The molecule has 0 aromatic heterocycles. The predicted molar refractivity (Wildman–Crippen MR) is 37.4 cm³/mol. The van der Waals surface area contributed by atoms with Crippen molar-refractivity contribution in [1.82, 2.24) is 0 Å². The Morgan fingerprint density at radius 3 is 1.20 bits per heavy atom. The van der Waals surface area contributed by atoms with Gasteiger partial charge in [-0.15, -0.1) is 7.94 Å². The van der Waals surface area contributed by atoms with Gasteiger partial charge >= 0.3 is 129 Å². The smallest absolute Gasteiger partial charge is 1.00 e. The summed E-state index contributed by atoms with van der Waals surface area (Å²) < 4.78 is 46.1. The maximum Gasteiger partial charge on any atom is 1.00 e. The van der Waals surface area contributed by atoms with Gasteiger partial charge in [-0.3, -0.25) is 0 Å². The summed E-state index contributed by atoms with van der Waals surface area (Å²) in [4.78, 5) is 31.7. The number of rotatable bonds is 4. The average Bonchev–Trinajstić information content (AvgIpc) is 1.43. The van der Waals surface area contributed by atoms with Gasteiger partial charge in [0.25, 0.3) is 0 Å². The molecular weight excluding hydrogens is 332 g/mol. The number of hydrogen-bond acceptors (Lipinski definition) is 6. The first kappa shape index (κ1) is 23.5. The van der Waals surface area contributed by atoms with Crippen LogP contribution in [0.25, 0.3) is 0 Å². The molecule has 0 saturated heterocycles. The Labute approximate surface area is 173 Å². The van der Waals surface area contributed by atoms with Crippen LogP contribution in [0.5, 0.6) is 0 Å². The summed E-state index contributed by atoms with van der Waals surface area (Å²) in [5.41, 5.74) is 0. The van der Waals surface area contributed by atoms with Crippen molar-refractivity contribution in [2.24, 2.45) is 0 Å². The van der Waals surface area contributed by atoms with Crippen molar-refractivity contribution >= 4 is 26.0 Å². The van der Waals surface area contributed by atoms with E-state index in [1.165, 1.54) is 0 Å². The van der Waals surface area contributed by atoms with Crippen LogP contribution in [0.3, 0.4) is 0 Å². The van der Waals surface area contributed by atoms with Crippen LogP contribution in [-0.4, -0.2) is 28.0 Å². The van der Waals surface area contributed by atoms with Gasteiger partial charge in [-0.1, -0.05) is 0 Å². The fourth-order valence-electron chi connectivity index (χ4n) is 0.251. The molecule has 0 saturated carbocycles. The van der Waals surface area contributed by atoms with Crippen molar-refractivity contribution in [2.75, 3.05) is 0 Å². The first-order valence-corrected chi connectivity index (χ1v) is 6.59. The first-order valence-electron chi connectivity index (χ1n) is 2.20. The van der Waals surface area contributed by atoms with E-state index >= 15 is 0 Å². The molecule has 4 N–H and O–H groups in total. The molecule has 0 aliphatic heterocycles. The van der Waals surface area contributed by atoms with E-state index in [1.54, 1.807) is 0 Å². The molecule has 0 bridgehead atoms. The molecule has 0 fully saturated rings. The molecule has 0 heterocycles. The molecule has 15 heavy (non-hydrogen) atoms. The standard InChI is InChI=1S/2K.H4O10P2S.2H/c;;1-11(2,3)9-13(7,8)10-12(4,5)6;;/h;;(H2,1,2,3)(H2,4,5,6);;/q2*+1;;2*-1. The molecule has 0 aliphatic carbocycles. The van der Waals surface area contributed by atoms with Crippen molar-refractivity contribution in [3.63, 3.8) is 0 Å². The zero-order valence-electron chi connectivity index (χ0n) is 9.54. The molecule has 0 radical (unpaired) electrons. The predicted octanol–water partition coefficient (Wildman–Crippen LogP) is -7.32. The number of phosphoric acid groups is 2. The molecule has 10 nitrogen and oxygen atoms in total. The third kappa shape index (κ3) is 17.4. The van der Waals surface area contributed by atoms with E-state index in [1.807, 2.05) is 0 Å². The minimum Gasteiger partial charge on any atom is -1.00 e. The van der Waals surface area contributed by atoms with Gasteiger partial charge in [0.15, 0.2) is 0 Å². The van der Waals surface area contributed by atoms with Crippen molar-refractivity contribution in [2.45, 2.75) is 0 Å². The summed E-state index contributed by atoms with van der Waals surface area (Å²) in [5, 5.41) is 0. The second kappa shape index (κ2) is 8.58. The van der Waals surface area contributed by atoms with E-state index in [0.29, 0.717) is 0 Å². The summed E-state index contributed by atoms with van der Waals surface area (Å²) in [6.07, 6.45) is 0. The summed E-state index contributed by atoms with van der Waals surface area (Å²) in [6.45, 7) is 0. The summed E-state index contributed by atoms with van der Waals surface area (Å²) >= 11 is 0. The normalized spacial score (nSPS) is 12.5. The zero-order chi connectivity index (χ0) is 10.9. The minimum atomic E-state index is -5.43. The Bertz CT molecular complexity index is 336. The quantitative estimate of drug-likeness (QED) is 0.285. The Hall–Kier alpha value is 3.44. The van der Waals surface area contributed by atoms with Crippen LogP contribution < -0.4 is 103 Å². The second-order valence-corrected chi connectivity index (χ2v) is 5.51. The van der Waals surface area contributed by atoms with Gasteiger partial charge in [-0.05, 0) is 0 Å². The van der Waals surface area contributed by atoms with E-state index in [-0.39, 0.29) is 106 Å². The fraction of sp³-hybridized carbons (Fsp3) is 0. The molecule has 0 amide bonds. The number of hydrogen-bond donors (Lipinski definition) is 4. The molecule has 15 heteroatoms. The van der Waals surface area contributed by atoms with E-state index < -0.39 is 26.0 Å². The van der Waals surface area contributed by atoms with Crippen molar-refractivity contribution in [1.29, 1.82) is 0 Å². The van der Waals surface area contributed by atoms with Crippen LogP contribution in [0.15, 0.2) is 0 Å². The molecule has 0 spiro atoms. The van der Waals surface area contributed by atoms with Gasteiger partial charge in [0.1, 0.15) is 0 Å². The van der Waals surface area contributed by atoms with Gasteiger partial charge < -0.3 is 22.4 Å².